The summed E-state index contributed by atoms with van der Waals surface area (Å²) in [4.78, 5) is 4.12. The first-order valence-electron chi connectivity index (χ1n) is 8.13. The summed E-state index contributed by atoms with van der Waals surface area (Å²) in [5.41, 5.74) is 6.22. The second-order valence-electron chi connectivity index (χ2n) is 5.47. The van der Waals surface area contributed by atoms with Crippen LogP contribution in [0.25, 0.3) is 0 Å². The van der Waals surface area contributed by atoms with Crippen LogP contribution in [0.3, 0.4) is 0 Å². The number of alkyl halides is 3. The number of halogens is 4. The Balaban J connectivity index is 1.66. The Labute approximate surface area is 153 Å². The number of ether oxygens (including phenoxy) is 2. The largest absolute Gasteiger partial charge is 0.573 e. The van der Waals surface area contributed by atoms with Crippen molar-refractivity contribution < 1.29 is 27.0 Å². The second kappa shape index (κ2) is 9.65. The van der Waals surface area contributed by atoms with Gasteiger partial charge < -0.3 is 20.5 Å². The monoisotopic (exact) mass is 385 g/mol. The lowest BCUT2D eigenvalue weighted by Crippen LogP contribution is -2.23. The van der Waals surface area contributed by atoms with Crippen LogP contribution in [0.1, 0.15) is 12.8 Å². The lowest BCUT2D eigenvalue weighted by Gasteiger charge is -2.10. The maximum absolute atomic E-state index is 12.8. The van der Waals surface area contributed by atoms with Gasteiger partial charge in [0.05, 0.1) is 6.61 Å². The van der Waals surface area contributed by atoms with E-state index in [1.807, 2.05) is 0 Å². The van der Waals surface area contributed by atoms with Crippen LogP contribution in [-0.4, -0.2) is 25.5 Å². The van der Waals surface area contributed by atoms with Gasteiger partial charge in [0, 0.05) is 12.2 Å². The number of nitrogens with one attached hydrogen (secondary N) is 1. The standard InChI is InChI=1S/C18H19F4N3O2/c19-13-3-7-15(8-4-13)26-12-2-1-11-24-17(23)25-14-5-9-16(10-6-14)27-18(20,21)22/h3-10H,1-2,11-12H2,(H3,23,24,25). The molecule has 3 N–H and O–H groups in total. The molecule has 2 aromatic rings. The number of anilines is 1. The molecule has 5 nitrogen and oxygen atoms in total. The third-order valence-electron chi connectivity index (χ3n) is 3.28. The van der Waals surface area contributed by atoms with Gasteiger partial charge in [-0.05, 0) is 61.4 Å². The Morgan fingerprint density at radius 3 is 2.22 bits per heavy atom. The van der Waals surface area contributed by atoms with Gasteiger partial charge in [-0.1, -0.05) is 0 Å². The number of nitrogens with two attached hydrogens (primary N) is 1. The molecule has 0 radical (unpaired) electrons. The van der Waals surface area contributed by atoms with Crippen molar-refractivity contribution in [2.24, 2.45) is 10.7 Å². The van der Waals surface area contributed by atoms with E-state index in [0.717, 1.165) is 12.8 Å². The third kappa shape index (κ3) is 8.30. The Kier molecular flexibility index (Phi) is 7.27. The average Bonchev–Trinajstić information content (AvgIpc) is 2.60. The molecule has 0 aliphatic carbocycles. The molecule has 0 aromatic heterocycles. The normalized spacial score (nSPS) is 11.9. The fourth-order valence-electron chi connectivity index (χ4n) is 2.06. The summed E-state index contributed by atoms with van der Waals surface area (Å²) in [5, 5.41) is 2.78. The molecule has 0 spiro atoms. The first kappa shape index (κ1) is 20.3. The first-order valence-corrected chi connectivity index (χ1v) is 8.13. The van der Waals surface area contributed by atoms with E-state index in [1.165, 1.54) is 36.4 Å². The molecule has 0 aliphatic heterocycles. The number of rotatable bonds is 8. The minimum atomic E-state index is -4.73. The third-order valence-corrected chi connectivity index (χ3v) is 3.28. The Morgan fingerprint density at radius 1 is 0.963 bits per heavy atom. The van der Waals surface area contributed by atoms with E-state index in [0.29, 0.717) is 24.6 Å². The Hall–Kier alpha value is -2.97. The molecule has 0 aliphatic rings. The number of hydrogen-bond acceptors (Lipinski definition) is 3. The zero-order chi connectivity index (χ0) is 19.7. The highest BCUT2D eigenvalue weighted by Gasteiger charge is 2.30. The molecule has 0 atom stereocenters. The van der Waals surface area contributed by atoms with Gasteiger partial charge in [0.15, 0.2) is 5.96 Å². The van der Waals surface area contributed by atoms with E-state index >= 15 is 0 Å². The molecule has 0 fully saturated rings. The van der Waals surface area contributed by atoms with Crippen LogP contribution in [-0.2, 0) is 0 Å². The maximum Gasteiger partial charge on any atom is 0.573 e. The zero-order valence-corrected chi connectivity index (χ0v) is 14.3. The lowest BCUT2D eigenvalue weighted by atomic mass is 10.3. The number of nitrogens with zero attached hydrogens (tertiary/aromatic N) is 1. The van der Waals surface area contributed by atoms with E-state index < -0.39 is 6.36 Å². The van der Waals surface area contributed by atoms with E-state index in [4.69, 9.17) is 10.5 Å². The minimum Gasteiger partial charge on any atom is -0.494 e. The predicted octanol–water partition coefficient (Wildman–Crippen LogP) is 4.31. The van der Waals surface area contributed by atoms with Crippen LogP contribution >= 0.6 is 0 Å². The second-order valence-corrected chi connectivity index (χ2v) is 5.47. The summed E-state index contributed by atoms with van der Waals surface area (Å²) < 4.78 is 58.3. The van der Waals surface area contributed by atoms with Gasteiger partial charge in [0.1, 0.15) is 17.3 Å². The molecule has 27 heavy (non-hydrogen) atoms. The molecule has 9 heteroatoms. The number of aliphatic imine (C=N–C) groups is 1. The van der Waals surface area contributed by atoms with Crippen molar-refractivity contribution in [3.8, 4) is 11.5 Å². The van der Waals surface area contributed by atoms with Gasteiger partial charge in [0.25, 0.3) is 0 Å². The lowest BCUT2D eigenvalue weighted by molar-refractivity contribution is -0.274. The molecule has 0 saturated heterocycles. The smallest absolute Gasteiger partial charge is 0.494 e. The van der Waals surface area contributed by atoms with Crippen LogP contribution in [0.5, 0.6) is 11.5 Å². The van der Waals surface area contributed by atoms with Gasteiger partial charge in [-0.2, -0.15) is 0 Å². The molecule has 0 bridgehead atoms. The van der Waals surface area contributed by atoms with Crippen molar-refractivity contribution in [2.75, 3.05) is 18.5 Å². The summed E-state index contributed by atoms with van der Waals surface area (Å²) >= 11 is 0. The molecule has 0 heterocycles. The molecule has 2 rings (SSSR count). The van der Waals surface area contributed by atoms with Crippen molar-refractivity contribution in [3.63, 3.8) is 0 Å². The summed E-state index contributed by atoms with van der Waals surface area (Å²) in [6.45, 7) is 0.927. The number of guanidine groups is 1. The fourth-order valence-corrected chi connectivity index (χ4v) is 2.06. The number of unbranched alkanes of at least 4 members (excludes halogenated alkanes) is 1. The topological polar surface area (TPSA) is 68.9 Å². The maximum atomic E-state index is 12.8. The number of benzene rings is 2. The van der Waals surface area contributed by atoms with Crippen molar-refractivity contribution in [2.45, 2.75) is 19.2 Å². The molecule has 0 unspecified atom stereocenters. The van der Waals surface area contributed by atoms with Crippen molar-refractivity contribution in [3.05, 3.63) is 54.3 Å². The first-order chi connectivity index (χ1) is 12.8. The summed E-state index contributed by atoms with van der Waals surface area (Å²) in [6.07, 6.45) is -3.27. The predicted molar refractivity (Wildman–Crippen MR) is 94.4 cm³/mol. The molecular formula is C18H19F4N3O2. The molecule has 0 amide bonds. The van der Waals surface area contributed by atoms with Gasteiger partial charge in [-0.25, -0.2) is 4.39 Å². The minimum absolute atomic E-state index is 0.152. The van der Waals surface area contributed by atoms with Crippen LogP contribution in [0, 0.1) is 5.82 Å². The Bertz CT molecular complexity index is 732. The molecule has 0 saturated carbocycles. The quantitative estimate of drug-likeness (QED) is 0.308. The van der Waals surface area contributed by atoms with Gasteiger partial charge in [0.2, 0.25) is 0 Å². The van der Waals surface area contributed by atoms with E-state index in [9.17, 15) is 17.6 Å². The van der Waals surface area contributed by atoms with E-state index in [-0.39, 0.29) is 17.5 Å². The van der Waals surface area contributed by atoms with Crippen molar-refractivity contribution >= 4 is 11.6 Å². The summed E-state index contributed by atoms with van der Waals surface area (Å²) in [5.74, 6) is 0.116. The molecular weight excluding hydrogens is 366 g/mol. The average molecular weight is 385 g/mol. The van der Waals surface area contributed by atoms with Crippen LogP contribution in [0.15, 0.2) is 53.5 Å². The SMILES string of the molecule is NC(=NCCCCOc1ccc(F)cc1)Nc1ccc(OC(F)(F)F)cc1. The van der Waals surface area contributed by atoms with Crippen molar-refractivity contribution in [1.82, 2.24) is 0 Å². The van der Waals surface area contributed by atoms with Crippen molar-refractivity contribution in [1.29, 1.82) is 0 Å². The highest BCUT2D eigenvalue weighted by Crippen LogP contribution is 2.23. The van der Waals surface area contributed by atoms with E-state index in [2.05, 4.69) is 15.0 Å². The molecule has 2 aromatic carbocycles. The van der Waals surface area contributed by atoms with Gasteiger partial charge in [-0.3, -0.25) is 4.99 Å². The highest BCUT2D eigenvalue weighted by molar-refractivity contribution is 5.92. The number of hydrogen-bond donors (Lipinski definition) is 2. The fraction of sp³-hybridized carbons (Fsp3) is 0.278. The van der Waals surface area contributed by atoms with E-state index in [1.54, 1.807) is 12.1 Å². The molecule has 146 valence electrons. The Morgan fingerprint density at radius 2 is 1.59 bits per heavy atom. The van der Waals surface area contributed by atoms with Crippen LogP contribution < -0.4 is 20.5 Å². The summed E-state index contributed by atoms with van der Waals surface area (Å²) in [6, 6.07) is 10.9. The summed E-state index contributed by atoms with van der Waals surface area (Å²) in [7, 11) is 0. The van der Waals surface area contributed by atoms with Gasteiger partial charge in [-0.15, -0.1) is 13.2 Å². The van der Waals surface area contributed by atoms with Crippen LogP contribution in [0.2, 0.25) is 0 Å². The zero-order valence-electron chi connectivity index (χ0n) is 14.3. The van der Waals surface area contributed by atoms with Gasteiger partial charge >= 0.3 is 6.36 Å². The highest BCUT2D eigenvalue weighted by atomic mass is 19.4. The van der Waals surface area contributed by atoms with Crippen LogP contribution in [0.4, 0.5) is 23.2 Å².